The molecule has 2 bridgehead atoms. The lowest BCUT2D eigenvalue weighted by Crippen LogP contribution is -2.54. The number of phenols is 1. The van der Waals surface area contributed by atoms with Gasteiger partial charge in [0.2, 0.25) is 17.7 Å². The number of piperazine rings is 1. The van der Waals surface area contributed by atoms with Gasteiger partial charge in [0.1, 0.15) is 36.2 Å². The third kappa shape index (κ3) is 11.3. The van der Waals surface area contributed by atoms with Gasteiger partial charge in [0, 0.05) is 118 Å². The maximum absolute atomic E-state index is 14.2. The largest absolute Gasteiger partial charge is 0.507 e. The smallest absolute Gasteiger partial charge is 0.254 e. The summed E-state index contributed by atoms with van der Waals surface area (Å²) < 4.78 is 26.7. The molecule has 8 heterocycles. The van der Waals surface area contributed by atoms with Crippen LogP contribution in [0.25, 0.3) is 16.9 Å². The molecule has 2 aromatic carbocycles. The first-order valence-corrected chi connectivity index (χ1v) is 27.3. The predicted molar refractivity (Wildman–Crippen MR) is 288 cm³/mol. The van der Waals surface area contributed by atoms with Gasteiger partial charge < -0.3 is 59.3 Å². The monoisotopic (exact) mass is 1050 g/mol. The van der Waals surface area contributed by atoms with Crippen molar-refractivity contribution in [2.24, 2.45) is 5.92 Å². The number of benzene rings is 2. The lowest BCUT2D eigenvalue weighted by molar-refractivity contribution is -0.141. The van der Waals surface area contributed by atoms with Crippen molar-refractivity contribution in [3.63, 3.8) is 0 Å². The van der Waals surface area contributed by atoms with Crippen LogP contribution in [0.15, 0.2) is 95.9 Å². The molecule has 2 unspecified atom stereocenters. The number of aliphatic hydroxyl groups is 1. The number of nitrogens with one attached hydrogen (secondary N) is 1. The quantitative estimate of drug-likeness (QED) is 0.0748. The first kappa shape index (κ1) is 51.8. The predicted octanol–water partition coefficient (Wildman–Crippen LogP) is 6.21. The molecular weight excluding hydrogens is 981 g/mol. The maximum atomic E-state index is 14.2. The fourth-order valence-electron chi connectivity index (χ4n) is 12.0. The number of para-hydroxylation sites is 1. The Morgan fingerprint density at radius 2 is 1.61 bits per heavy atom. The fourth-order valence-corrected chi connectivity index (χ4v) is 12.0. The van der Waals surface area contributed by atoms with Gasteiger partial charge in [0.15, 0.2) is 11.6 Å². The number of β-amino-alcohol motifs (C(OH)–C–C–N with tert-alkyl or cyclic N) is 1. The number of anilines is 3. The van der Waals surface area contributed by atoms with Gasteiger partial charge >= 0.3 is 0 Å². The Hall–Kier alpha value is -7.29. The van der Waals surface area contributed by atoms with Crippen molar-refractivity contribution in [1.29, 1.82) is 0 Å². The van der Waals surface area contributed by atoms with Gasteiger partial charge in [-0.3, -0.25) is 14.5 Å². The summed E-state index contributed by atoms with van der Waals surface area (Å²) >= 11 is 0. The highest BCUT2D eigenvalue weighted by Gasteiger charge is 2.45. The molecule has 20 heteroatoms. The van der Waals surface area contributed by atoms with E-state index in [1.807, 2.05) is 87.1 Å². The molecule has 1 saturated carbocycles. The Morgan fingerprint density at radius 3 is 2.34 bits per heavy atom. The standard InChI is InChI=1S/C57H70N12O8/c1-34(2)54(57(73)68-33-42(70)26-49(68)56(72)61-35(3)37-9-11-38(12-10-37)67-22-19-59-36(67)4)51-30-53(64-77-51)74-24-23-65-20-16-43(17-21-65)75-44-27-45(28-44)76-52-25-39(15-18-60-52)69-40-13-14-41(69)32-66(31-40)48-29-47(62-63-55(48)58)46-7-5-6-8-50(46)71/h5-12,15,18-19,22,25,29-30,34-35,40-45,49,54,70-71H,13-14,16-17,20-21,23-24,26-28,31-33H2,1-4H3,(H2,58,63)(H,61,72)/t35-,40?,41?,42+,44?,45?,49-,54-/m0/s1. The summed E-state index contributed by atoms with van der Waals surface area (Å²) in [5.74, 6) is 1.19. The third-order valence-electron chi connectivity index (χ3n) is 16.2. The number of piperidine rings is 1. The fraction of sp³-hybridized carbons (Fsp3) is 0.491. The number of aryl methyl sites for hydroxylation is 1. The van der Waals surface area contributed by atoms with E-state index in [2.05, 4.69) is 57.5 Å². The number of carbonyl (C=O) groups is 2. The molecule has 0 spiro atoms. The van der Waals surface area contributed by atoms with Crippen LogP contribution >= 0.6 is 0 Å². The number of hydrogen-bond acceptors (Lipinski definition) is 17. The molecule has 2 amide bonds. The number of ether oxygens (including phenoxy) is 3. The number of aliphatic hydroxyl groups excluding tert-OH is 1. The van der Waals surface area contributed by atoms with Crippen molar-refractivity contribution in [1.82, 2.24) is 45.0 Å². The molecule has 4 saturated heterocycles. The van der Waals surface area contributed by atoms with Gasteiger partial charge in [-0.1, -0.05) is 38.1 Å². The zero-order valence-corrected chi connectivity index (χ0v) is 44.2. The van der Waals surface area contributed by atoms with Crippen LogP contribution < -0.4 is 30.3 Å². The zero-order valence-electron chi connectivity index (χ0n) is 44.2. The molecule has 5 aliphatic rings. The zero-order chi connectivity index (χ0) is 53.3. The van der Waals surface area contributed by atoms with Crippen molar-refractivity contribution >= 4 is 29.0 Å². The second kappa shape index (κ2) is 22.4. The van der Waals surface area contributed by atoms with Crippen LogP contribution in [0.2, 0.25) is 0 Å². The molecule has 5 N–H and O–H groups in total. The summed E-state index contributed by atoms with van der Waals surface area (Å²) in [6.07, 6.45) is 10.9. The Labute approximate surface area is 448 Å². The molecule has 406 valence electrons. The summed E-state index contributed by atoms with van der Waals surface area (Å²) in [5, 5.41) is 37.0. The number of carbonyl (C=O) groups excluding carboxylic acids is 2. The number of nitrogens with zero attached hydrogens (tertiary/aromatic N) is 10. The number of pyridine rings is 1. The minimum absolute atomic E-state index is 0.0489. The van der Waals surface area contributed by atoms with E-state index in [4.69, 9.17) is 24.5 Å². The molecule has 4 aliphatic heterocycles. The van der Waals surface area contributed by atoms with Crippen LogP contribution in [0.3, 0.4) is 0 Å². The van der Waals surface area contributed by atoms with Gasteiger partial charge in [0.05, 0.1) is 35.7 Å². The van der Waals surface area contributed by atoms with Crippen LogP contribution in [-0.4, -0.2) is 150 Å². The lowest BCUT2D eigenvalue weighted by atomic mass is 9.91. The number of fused-ring (bicyclic) bond motifs is 2. The highest BCUT2D eigenvalue weighted by Crippen LogP contribution is 2.41. The van der Waals surface area contributed by atoms with Gasteiger partial charge in [-0.05, 0) is 92.6 Å². The van der Waals surface area contributed by atoms with E-state index in [1.54, 1.807) is 24.4 Å². The number of nitrogen functional groups attached to an aromatic ring is 1. The second-order valence-corrected chi connectivity index (χ2v) is 21.8. The minimum atomic E-state index is -0.835. The van der Waals surface area contributed by atoms with E-state index >= 15 is 0 Å². The summed E-state index contributed by atoms with van der Waals surface area (Å²) in [5.41, 5.74) is 11.4. The number of amides is 2. The van der Waals surface area contributed by atoms with Gasteiger partial charge in [-0.25, -0.2) is 9.97 Å². The van der Waals surface area contributed by atoms with Crippen LogP contribution in [0.1, 0.15) is 94.8 Å². The molecular formula is C57H70N12O8. The Balaban J connectivity index is 0.601. The summed E-state index contributed by atoms with van der Waals surface area (Å²) in [6.45, 7) is 12.2. The minimum Gasteiger partial charge on any atom is -0.507 e. The number of phenolic OH excluding ortho intramolecular Hbond substituents is 1. The first-order chi connectivity index (χ1) is 37.3. The summed E-state index contributed by atoms with van der Waals surface area (Å²) in [7, 11) is 0. The van der Waals surface area contributed by atoms with Crippen molar-refractivity contribution in [2.75, 3.05) is 61.4 Å². The lowest BCUT2D eigenvalue weighted by Gasteiger charge is -2.43. The summed E-state index contributed by atoms with van der Waals surface area (Å²) in [4.78, 5) is 45.5. The third-order valence-corrected chi connectivity index (χ3v) is 16.2. The van der Waals surface area contributed by atoms with Crippen LogP contribution in [-0.2, 0) is 14.3 Å². The number of aromatic nitrogens is 6. The van der Waals surface area contributed by atoms with Crippen molar-refractivity contribution in [2.45, 2.75) is 127 Å². The Bertz CT molecular complexity index is 3000. The molecule has 6 atom stereocenters. The maximum Gasteiger partial charge on any atom is 0.254 e. The van der Waals surface area contributed by atoms with E-state index < -0.39 is 18.1 Å². The van der Waals surface area contributed by atoms with E-state index in [0.717, 1.165) is 93.2 Å². The van der Waals surface area contributed by atoms with Gasteiger partial charge in [-0.15, -0.1) is 10.2 Å². The van der Waals surface area contributed by atoms with E-state index in [0.29, 0.717) is 47.7 Å². The van der Waals surface area contributed by atoms with Crippen LogP contribution in [0.5, 0.6) is 17.5 Å². The molecule has 11 rings (SSSR count). The number of nitrogens with two attached hydrogens (primary N) is 1. The van der Waals surface area contributed by atoms with Crippen molar-refractivity contribution < 1.29 is 38.5 Å². The number of rotatable bonds is 18. The molecule has 5 fully saturated rings. The van der Waals surface area contributed by atoms with Crippen LogP contribution in [0.4, 0.5) is 17.2 Å². The van der Waals surface area contributed by atoms with Crippen LogP contribution in [0, 0.1) is 12.8 Å². The second-order valence-electron chi connectivity index (χ2n) is 21.8. The number of hydrogen-bond donors (Lipinski definition) is 4. The number of likely N-dealkylation sites (tertiary alicyclic amines) is 2. The molecule has 4 aromatic heterocycles. The van der Waals surface area contributed by atoms with E-state index in [9.17, 15) is 19.8 Å². The number of aromatic hydroxyl groups is 1. The normalized spacial score (nSPS) is 23.5. The van der Waals surface area contributed by atoms with E-state index in [-0.39, 0.29) is 72.9 Å². The first-order valence-electron chi connectivity index (χ1n) is 27.3. The molecule has 0 radical (unpaired) electrons. The SMILES string of the molecule is Cc1nccn1-c1ccc([C@H](C)NC(=O)[C@@H]2C[C@@H](O)CN2C(=O)[C@H](c2cc(OCCN3CCC(OC4CC(Oc5cc(N6C7CCC6CN(c6cc(-c8ccccc8O)nnc6N)C7)ccn5)C4)CC3)no2)C(C)C)cc1. The molecule has 6 aromatic rings. The number of imidazole rings is 1. The van der Waals surface area contributed by atoms with E-state index in [1.165, 1.54) is 4.90 Å². The topological polar surface area (TPSA) is 236 Å². The molecule has 20 nitrogen and oxygen atoms in total. The average Bonchev–Trinajstić information content (AvgIpc) is 4.22. The highest BCUT2D eigenvalue weighted by molar-refractivity contribution is 5.91. The van der Waals surface area contributed by atoms with Gasteiger partial charge in [0.25, 0.3) is 5.88 Å². The van der Waals surface area contributed by atoms with Crippen molar-refractivity contribution in [3.05, 3.63) is 109 Å². The Kier molecular flexibility index (Phi) is 15.0. The summed E-state index contributed by atoms with van der Waals surface area (Å²) in [6, 6.07) is 22.2. The Morgan fingerprint density at radius 1 is 0.844 bits per heavy atom. The van der Waals surface area contributed by atoms with Gasteiger partial charge in [-0.2, -0.15) is 0 Å². The van der Waals surface area contributed by atoms with Crippen molar-refractivity contribution in [3.8, 4) is 34.5 Å². The molecule has 1 aliphatic carbocycles. The average molecular weight is 1050 g/mol. The highest BCUT2D eigenvalue weighted by atomic mass is 16.5. The molecule has 77 heavy (non-hydrogen) atoms.